The summed E-state index contributed by atoms with van der Waals surface area (Å²) in [6, 6.07) is 0. The molecule has 0 spiro atoms. The van der Waals surface area contributed by atoms with Gasteiger partial charge in [-0.1, -0.05) is 13.8 Å². The average Bonchev–Trinajstić information content (AvgIpc) is 2.19. The summed E-state index contributed by atoms with van der Waals surface area (Å²) >= 11 is 0. The van der Waals surface area contributed by atoms with Gasteiger partial charge in [0.1, 0.15) is 0 Å². The smallest absolute Gasteiger partial charge is 0.0936 e. The molecule has 0 radical (unpaired) electrons. The fourth-order valence-corrected chi connectivity index (χ4v) is 1.74. The lowest BCUT2D eigenvalue weighted by Gasteiger charge is -2.29. The van der Waals surface area contributed by atoms with Gasteiger partial charge in [-0.05, 0) is 19.8 Å². The maximum Gasteiger partial charge on any atom is 0.0936 e. The van der Waals surface area contributed by atoms with Gasteiger partial charge in [-0.3, -0.25) is 0 Å². The highest BCUT2D eigenvalue weighted by atomic mass is 16.5. The average molecular weight is 201 g/mol. The Morgan fingerprint density at radius 2 is 2.07 bits per heavy atom. The first-order valence-electron chi connectivity index (χ1n) is 5.74. The Kier molecular flexibility index (Phi) is 5.45. The molecule has 0 aromatic rings. The second-order valence-electron chi connectivity index (χ2n) is 4.00. The molecule has 1 heterocycles. The molecule has 1 aliphatic heterocycles. The van der Waals surface area contributed by atoms with Gasteiger partial charge in [-0.15, -0.1) is 0 Å². The Morgan fingerprint density at radius 1 is 1.36 bits per heavy atom. The van der Waals surface area contributed by atoms with Crippen LogP contribution in [0, 0.1) is 0 Å². The van der Waals surface area contributed by atoms with Crippen molar-refractivity contribution in [2.75, 3.05) is 19.7 Å². The second-order valence-corrected chi connectivity index (χ2v) is 4.00. The summed E-state index contributed by atoms with van der Waals surface area (Å²) in [5.74, 6) is 0. The Labute approximate surface area is 87.2 Å². The van der Waals surface area contributed by atoms with Crippen LogP contribution in [0.25, 0.3) is 0 Å². The molecule has 84 valence electrons. The molecule has 2 atom stereocenters. The molecule has 0 aliphatic carbocycles. The topological polar surface area (TPSA) is 30.5 Å². The third kappa shape index (κ3) is 3.95. The number of morpholine rings is 1. The van der Waals surface area contributed by atoms with Gasteiger partial charge < -0.3 is 14.8 Å². The number of hydrogen-bond donors (Lipinski definition) is 1. The van der Waals surface area contributed by atoms with Crippen molar-refractivity contribution in [3.8, 4) is 0 Å². The lowest BCUT2D eigenvalue weighted by Crippen LogP contribution is -2.45. The zero-order valence-corrected chi connectivity index (χ0v) is 9.58. The van der Waals surface area contributed by atoms with Crippen molar-refractivity contribution >= 4 is 0 Å². The zero-order chi connectivity index (χ0) is 10.4. The minimum Gasteiger partial charge on any atom is -0.375 e. The maximum atomic E-state index is 5.76. The van der Waals surface area contributed by atoms with E-state index in [1.807, 2.05) is 0 Å². The molecule has 14 heavy (non-hydrogen) atoms. The van der Waals surface area contributed by atoms with Crippen LogP contribution in [0.3, 0.4) is 0 Å². The van der Waals surface area contributed by atoms with Crippen LogP contribution in [0.5, 0.6) is 0 Å². The Hall–Kier alpha value is -0.120. The van der Waals surface area contributed by atoms with Gasteiger partial charge in [0, 0.05) is 13.1 Å². The molecule has 0 aromatic carbocycles. The largest absolute Gasteiger partial charge is 0.375 e. The highest BCUT2D eigenvalue weighted by Crippen LogP contribution is 2.08. The number of nitrogens with one attached hydrogen (secondary N) is 1. The van der Waals surface area contributed by atoms with E-state index in [1.54, 1.807) is 0 Å². The minimum atomic E-state index is 0.236. The Bertz CT molecular complexity index is 148. The van der Waals surface area contributed by atoms with Gasteiger partial charge in [0.25, 0.3) is 0 Å². The lowest BCUT2D eigenvalue weighted by atomic mass is 10.2. The summed E-state index contributed by atoms with van der Waals surface area (Å²) in [5.41, 5.74) is 0. The summed E-state index contributed by atoms with van der Waals surface area (Å²) in [7, 11) is 0. The first kappa shape index (κ1) is 12.0. The standard InChI is InChI=1S/C11H23NO2/c1-4-10(5-2)13-8-11-7-12-6-9(3)14-11/h9-12H,4-8H2,1-3H3. The predicted octanol–water partition coefficient (Wildman–Crippen LogP) is 1.57. The molecule has 0 aromatic heterocycles. The maximum absolute atomic E-state index is 5.76. The molecule has 0 saturated carbocycles. The molecule has 1 fully saturated rings. The predicted molar refractivity (Wildman–Crippen MR) is 57.5 cm³/mol. The van der Waals surface area contributed by atoms with Crippen LogP contribution in [0.15, 0.2) is 0 Å². The van der Waals surface area contributed by atoms with Gasteiger partial charge >= 0.3 is 0 Å². The molecule has 2 unspecified atom stereocenters. The van der Waals surface area contributed by atoms with Gasteiger partial charge in [-0.2, -0.15) is 0 Å². The summed E-state index contributed by atoms with van der Waals surface area (Å²) < 4.78 is 11.5. The van der Waals surface area contributed by atoms with Crippen LogP contribution in [0.4, 0.5) is 0 Å². The van der Waals surface area contributed by atoms with E-state index in [4.69, 9.17) is 9.47 Å². The van der Waals surface area contributed by atoms with Crippen LogP contribution in [-0.4, -0.2) is 38.0 Å². The van der Waals surface area contributed by atoms with E-state index in [-0.39, 0.29) is 6.10 Å². The van der Waals surface area contributed by atoms with Crippen LogP contribution in [-0.2, 0) is 9.47 Å². The van der Waals surface area contributed by atoms with Gasteiger partial charge in [-0.25, -0.2) is 0 Å². The van der Waals surface area contributed by atoms with Crippen molar-refractivity contribution in [3.63, 3.8) is 0 Å². The molecule has 0 amide bonds. The van der Waals surface area contributed by atoms with E-state index in [1.165, 1.54) is 0 Å². The fourth-order valence-electron chi connectivity index (χ4n) is 1.74. The summed E-state index contributed by atoms with van der Waals surface area (Å²) in [6.07, 6.45) is 3.13. The molecule has 3 nitrogen and oxygen atoms in total. The molecule has 0 bridgehead atoms. The first-order valence-corrected chi connectivity index (χ1v) is 5.74. The lowest BCUT2D eigenvalue weighted by molar-refractivity contribution is -0.0855. The quantitative estimate of drug-likeness (QED) is 0.732. The number of rotatable bonds is 5. The first-order chi connectivity index (χ1) is 6.76. The van der Waals surface area contributed by atoms with Crippen molar-refractivity contribution in [2.45, 2.75) is 51.9 Å². The van der Waals surface area contributed by atoms with Crippen molar-refractivity contribution in [2.24, 2.45) is 0 Å². The van der Waals surface area contributed by atoms with Crippen molar-refractivity contribution in [1.82, 2.24) is 5.32 Å². The summed E-state index contributed by atoms with van der Waals surface area (Å²) in [4.78, 5) is 0. The number of ether oxygens (including phenoxy) is 2. The molecule has 3 heteroatoms. The van der Waals surface area contributed by atoms with Gasteiger partial charge in [0.15, 0.2) is 0 Å². The van der Waals surface area contributed by atoms with Crippen LogP contribution >= 0.6 is 0 Å². The molecule has 1 N–H and O–H groups in total. The highest BCUT2D eigenvalue weighted by molar-refractivity contribution is 4.71. The van der Waals surface area contributed by atoms with E-state index in [0.717, 1.165) is 32.5 Å². The molecule has 1 saturated heterocycles. The Morgan fingerprint density at radius 3 is 2.64 bits per heavy atom. The Balaban J connectivity index is 2.16. The van der Waals surface area contributed by atoms with Crippen molar-refractivity contribution in [3.05, 3.63) is 0 Å². The monoisotopic (exact) mass is 201 g/mol. The third-order valence-corrected chi connectivity index (χ3v) is 2.66. The normalized spacial score (nSPS) is 28.3. The zero-order valence-electron chi connectivity index (χ0n) is 9.58. The van der Waals surface area contributed by atoms with Gasteiger partial charge in [0.2, 0.25) is 0 Å². The minimum absolute atomic E-state index is 0.236. The van der Waals surface area contributed by atoms with Crippen LogP contribution < -0.4 is 5.32 Å². The number of hydrogen-bond acceptors (Lipinski definition) is 3. The van der Waals surface area contributed by atoms with E-state index in [2.05, 4.69) is 26.1 Å². The fraction of sp³-hybridized carbons (Fsp3) is 1.00. The van der Waals surface area contributed by atoms with E-state index >= 15 is 0 Å². The summed E-state index contributed by atoms with van der Waals surface area (Å²) in [5, 5.41) is 3.34. The molecule has 1 aliphatic rings. The molecular formula is C11H23NO2. The summed E-state index contributed by atoms with van der Waals surface area (Å²) in [6.45, 7) is 9.03. The van der Waals surface area contributed by atoms with E-state index in [9.17, 15) is 0 Å². The highest BCUT2D eigenvalue weighted by Gasteiger charge is 2.19. The van der Waals surface area contributed by atoms with E-state index < -0.39 is 0 Å². The van der Waals surface area contributed by atoms with Crippen LogP contribution in [0.1, 0.15) is 33.6 Å². The van der Waals surface area contributed by atoms with E-state index in [0.29, 0.717) is 12.2 Å². The van der Waals surface area contributed by atoms with Crippen LogP contribution in [0.2, 0.25) is 0 Å². The van der Waals surface area contributed by atoms with Gasteiger partial charge in [0.05, 0.1) is 24.9 Å². The SMILES string of the molecule is CCC(CC)OCC1CNCC(C)O1. The third-order valence-electron chi connectivity index (χ3n) is 2.66. The second kappa shape index (κ2) is 6.38. The molecule has 1 rings (SSSR count). The molecular weight excluding hydrogens is 178 g/mol. The van der Waals surface area contributed by atoms with Crippen molar-refractivity contribution < 1.29 is 9.47 Å². The van der Waals surface area contributed by atoms with Crippen molar-refractivity contribution in [1.29, 1.82) is 0 Å².